The van der Waals surface area contributed by atoms with Crippen molar-refractivity contribution in [2.45, 2.75) is 44.1 Å². The minimum Gasteiger partial charge on any atom is -0.392 e. The van der Waals surface area contributed by atoms with Crippen molar-refractivity contribution >= 4 is 22.6 Å². The molecule has 0 radical (unpaired) electrons. The minimum absolute atomic E-state index is 0.0930. The molecule has 152 valence electrons. The van der Waals surface area contributed by atoms with Crippen molar-refractivity contribution in [3.63, 3.8) is 0 Å². The number of fused-ring (bicyclic) bond motifs is 1. The summed E-state index contributed by atoms with van der Waals surface area (Å²) in [5.41, 5.74) is 1.87. The molecule has 3 N–H and O–H groups in total. The maximum Gasteiger partial charge on any atom is 0.279 e. The number of halogens is 1. The van der Waals surface area contributed by atoms with Crippen LogP contribution in [0, 0.1) is 0 Å². The van der Waals surface area contributed by atoms with E-state index in [-0.39, 0.29) is 23.7 Å². The molecule has 29 heavy (non-hydrogen) atoms. The Bertz CT molecular complexity index is 1070. The average Bonchev–Trinajstić information content (AvgIpc) is 2.72. The van der Waals surface area contributed by atoms with Crippen LogP contribution in [0.1, 0.15) is 19.3 Å². The fourth-order valence-electron chi connectivity index (χ4n) is 3.74. The molecule has 3 aromatic rings. The standard InChI is InChI=1S/C21H23ClN4O3/c22-14-4-1-3-13(9-14)16-6-7-17-20(25-16)21(29)26(12-24-17)11-15(27)10-18-19(28)5-2-8-23-18/h1,3-4,6-7,9,12,15,18-19,23,27-28H,2,5,8,10-11H2/t15-,18+,19-/m0/s1. The lowest BCUT2D eigenvalue weighted by Crippen LogP contribution is -2.47. The molecule has 1 aliphatic rings. The normalized spacial score (nSPS) is 20.7. The van der Waals surface area contributed by atoms with Crippen LogP contribution in [-0.2, 0) is 6.54 Å². The molecule has 0 bridgehead atoms. The lowest BCUT2D eigenvalue weighted by atomic mass is 9.96. The van der Waals surface area contributed by atoms with E-state index < -0.39 is 12.2 Å². The van der Waals surface area contributed by atoms with Gasteiger partial charge in [-0.25, -0.2) is 9.97 Å². The van der Waals surface area contributed by atoms with Gasteiger partial charge in [0.2, 0.25) is 0 Å². The summed E-state index contributed by atoms with van der Waals surface area (Å²) in [4.78, 5) is 21.7. The van der Waals surface area contributed by atoms with Crippen molar-refractivity contribution in [1.29, 1.82) is 0 Å². The summed E-state index contributed by atoms with van der Waals surface area (Å²) in [7, 11) is 0. The first-order valence-electron chi connectivity index (χ1n) is 9.73. The molecule has 0 saturated carbocycles. The second kappa shape index (κ2) is 8.59. The maximum absolute atomic E-state index is 12.9. The summed E-state index contributed by atoms with van der Waals surface area (Å²) in [6, 6.07) is 10.7. The Morgan fingerprint density at radius 3 is 2.97 bits per heavy atom. The van der Waals surface area contributed by atoms with Crippen molar-refractivity contribution in [1.82, 2.24) is 19.9 Å². The highest BCUT2D eigenvalue weighted by Crippen LogP contribution is 2.22. The number of hydrogen-bond donors (Lipinski definition) is 3. The third kappa shape index (κ3) is 4.48. The number of nitrogens with zero attached hydrogens (tertiary/aromatic N) is 3. The van der Waals surface area contributed by atoms with E-state index in [0.29, 0.717) is 22.7 Å². The van der Waals surface area contributed by atoms with Crippen LogP contribution >= 0.6 is 11.6 Å². The molecule has 1 aliphatic heterocycles. The van der Waals surface area contributed by atoms with E-state index in [1.54, 1.807) is 24.3 Å². The van der Waals surface area contributed by atoms with Crippen molar-refractivity contribution in [3.05, 3.63) is 58.1 Å². The third-order valence-corrected chi connectivity index (χ3v) is 5.51. The number of aliphatic hydroxyl groups is 2. The Labute approximate surface area is 173 Å². The van der Waals surface area contributed by atoms with E-state index in [1.807, 2.05) is 12.1 Å². The predicted octanol–water partition coefficient (Wildman–Crippen LogP) is 1.98. The van der Waals surface area contributed by atoms with Gasteiger partial charge in [0.05, 0.1) is 36.3 Å². The number of benzene rings is 1. The van der Waals surface area contributed by atoms with Gasteiger partial charge in [0.15, 0.2) is 5.52 Å². The summed E-state index contributed by atoms with van der Waals surface area (Å²) in [5, 5.41) is 24.3. The monoisotopic (exact) mass is 414 g/mol. The zero-order valence-corrected chi connectivity index (χ0v) is 16.6. The van der Waals surface area contributed by atoms with E-state index in [0.717, 1.165) is 24.9 Å². The third-order valence-electron chi connectivity index (χ3n) is 5.28. The number of nitrogens with one attached hydrogen (secondary N) is 1. The van der Waals surface area contributed by atoms with Gasteiger partial charge in [0.1, 0.15) is 0 Å². The summed E-state index contributed by atoms with van der Waals surface area (Å²) in [6.07, 6.45) is 2.17. The van der Waals surface area contributed by atoms with E-state index in [2.05, 4.69) is 15.3 Å². The molecule has 2 aromatic heterocycles. The first-order chi connectivity index (χ1) is 14.0. The fourth-order valence-corrected chi connectivity index (χ4v) is 3.93. The van der Waals surface area contributed by atoms with Gasteiger partial charge < -0.3 is 15.5 Å². The quantitative estimate of drug-likeness (QED) is 0.590. The molecule has 8 heteroatoms. The Balaban J connectivity index is 1.58. The zero-order chi connectivity index (χ0) is 20.4. The van der Waals surface area contributed by atoms with Gasteiger partial charge in [0.25, 0.3) is 5.56 Å². The van der Waals surface area contributed by atoms with Gasteiger partial charge in [-0.15, -0.1) is 0 Å². The van der Waals surface area contributed by atoms with E-state index in [9.17, 15) is 15.0 Å². The van der Waals surface area contributed by atoms with E-state index in [1.165, 1.54) is 10.9 Å². The summed E-state index contributed by atoms with van der Waals surface area (Å²) in [5.74, 6) is 0. The molecule has 7 nitrogen and oxygen atoms in total. The molecule has 0 aliphatic carbocycles. The summed E-state index contributed by atoms with van der Waals surface area (Å²) < 4.78 is 1.37. The highest BCUT2D eigenvalue weighted by atomic mass is 35.5. The molecule has 0 amide bonds. The molecule has 1 aromatic carbocycles. The van der Waals surface area contributed by atoms with Gasteiger partial charge in [-0.1, -0.05) is 23.7 Å². The van der Waals surface area contributed by atoms with Crippen molar-refractivity contribution in [2.24, 2.45) is 0 Å². The van der Waals surface area contributed by atoms with Gasteiger partial charge in [-0.05, 0) is 50.1 Å². The fraction of sp³-hybridized carbons (Fsp3) is 0.381. The number of hydrogen-bond acceptors (Lipinski definition) is 6. The molecular weight excluding hydrogens is 392 g/mol. The second-order valence-electron chi connectivity index (χ2n) is 7.44. The van der Waals surface area contributed by atoms with Crippen LogP contribution < -0.4 is 10.9 Å². The van der Waals surface area contributed by atoms with Gasteiger partial charge in [-0.3, -0.25) is 9.36 Å². The SMILES string of the molecule is O=c1c2nc(-c3cccc(Cl)c3)ccc2ncn1C[C@@H](O)C[C@H]1NCCC[C@@H]1O. The van der Waals surface area contributed by atoms with Crippen LogP contribution in [0.25, 0.3) is 22.3 Å². The molecule has 1 saturated heterocycles. The van der Waals surface area contributed by atoms with Crippen LogP contribution in [0.3, 0.4) is 0 Å². The number of piperidine rings is 1. The van der Waals surface area contributed by atoms with Crippen LogP contribution in [0.2, 0.25) is 5.02 Å². The second-order valence-corrected chi connectivity index (χ2v) is 7.87. The highest BCUT2D eigenvalue weighted by Gasteiger charge is 2.25. The van der Waals surface area contributed by atoms with Crippen LogP contribution in [0.15, 0.2) is 47.5 Å². The smallest absolute Gasteiger partial charge is 0.279 e. The minimum atomic E-state index is -0.784. The molecule has 3 atom stereocenters. The Kier molecular flexibility index (Phi) is 5.91. The maximum atomic E-state index is 12.9. The number of aliphatic hydroxyl groups excluding tert-OH is 2. The molecule has 0 spiro atoms. The highest BCUT2D eigenvalue weighted by molar-refractivity contribution is 6.30. The predicted molar refractivity (Wildman–Crippen MR) is 112 cm³/mol. The molecule has 3 heterocycles. The van der Waals surface area contributed by atoms with Crippen LogP contribution in [-0.4, -0.2) is 49.5 Å². The Hall–Kier alpha value is -2.32. The largest absolute Gasteiger partial charge is 0.392 e. The topological polar surface area (TPSA) is 100 Å². The van der Waals surface area contributed by atoms with Crippen LogP contribution in [0.5, 0.6) is 0 Å². The Morgan fingerprint density at radius 1 is 1.31 bits per heavy atom. The first-order valence-corrected chi connectivity index (χ1v) is 10.1. The lowest BCUT2D eigenvalue weighted by Gasteiger charge is -2.30. The number of rotatable bonds is 5. The molecular formula is C21H23ClN4O3. The van der Waals surface area contributed by atoms with Crippen molar-refractivity contribution in [2.75, 3.05) is 6.54 Å². The zero-order valence-electron chi connectivity index (χ0n) is 15.8. The van der Waals surface area contributed by atoms with Crippen LogP contribution in [0.4, 0.5) is 0 Å². The van der Waals surface area contributed by atoms with Crippen molar-refractivity contribution < 1.29 is 10.2 Å². The van der Waals surface area contributed by atoms with Gasteiger partial charge >= 0.3 is 0 Å². The first kappa shape index (κ1) is 20.0. The molecule has 4 rings (SSSR count). The van der Waals surface area contributed by atoms with Gasteiger partial charge in [-0.2, -0.15) is 0 Å². The van der Waals surface area contributed by atoms with Gasteiger partial charge in [0, 0.05) is 16.6 Å². The number of pyridine rings is 1. The van der Waals surface area contributed by atoms with E-state index in [4.69, 9.17) is 11.6 Å². The molecule has 1 fully saturated rings. The van der Waals surface area contributed by atoms with Crippen molar-refractivity contribution in [3.8, 4) is 11.3 Å². The Morgan fingerprint density at radius 2 is 2.17 bits per heavy atom. The van der Waals surface area contributed by atoms with E-state index >= 15 is 0 Å². The lowest BCUT2D eigenvalue weighted by molar-refractivity contribution is 0.0539. The molecule has 0 unspecified atom stereocenters. The number of aromatic nitrogens is 3. The summed E-state index contributed by atoms with van der Waals surface area (Å²) >= 11 is 6.06. The summed E-state index contributed by atoms with van der Waals surface area (Å²) in [6.45, 7) is 0.915. The average molecular weight is 415 g/mol.